The molecular weight excluding hydrogens is 384 g/mol. The first-order valence-corrected chi connectivity index (χ1v) is 10.1. The summed E-state index contributed by atoms with van der Waals surface area (Å²) in [5, 5.41) is 3.79. The van der Waals surface area contributed by atoms with Crippen molar-refractivity contribution in [3.05, 3.63) is 36.0 Å². The molecule has 138 valence electrons. The van der Waals surface area contributed by atoms with Gasteiger partial charge in [-0.2, -0.15) is 4.98 Å². The summed E-state index contributed by atoms with van der Waals surface area (Å²) in [5.74, 6) is 0.795. The standard InChI is InChI=1S/C18H16N4O3S2/c1-3-24-11-5-6-12-14(8-11)27-17(20-12)21-15(23)9-26-18-22-16-13(25-18)7-4-10(2)19-16/h4-8H,3,9H2,1-2H3,(H,20,21,23). The number of nitrogens with zero attached hydrogens (tertiary/aromatic N) is 3. The average Bonchev–Trinajstić information content (AvgIpc) is 3.22. The maximum atomic E-state index is 12.2. The van der Waals surface area contributed by atoms with E-state index >= 15 is 0 Å². The molecule has 0 atom stereocenters. The summed E-state index contributed by atoms with van der Waals surface area (Å²) in [4.78, 5) is 25.2. The van der Waals surface area contributed by atoms with Gasteiger partial charge in [0.15, 0.2) is 16.4 Å². The highest BCUT2D eigenvalue weighted by Gasteiger charge is 2.12. The van der Waals surface area contributed by atoms with Crippen LogP contribution in [0.5, 0.6) is 5.75 Å². The highest BCUT2D eigenvalue weighted by molar-refractivity contribution is 7.99. The molecule has 3 aromatic heterocycles. The minimum absolute atomic E-state index is 0.171. The van der Waals surface area contributed by atoms with Crippen LogP contribution in [0.1, 0.15) is 12.6 Å². The quantitative estimate of drug-likeness (QED) is 0.483. The number of ether oxygens (including phenoxy) is 1. The van der Waals surface area contributed by atoms with E-state index in [0.29, 0.717) is 28.2 Å². The summed E-state index contributed by atoms with van der Waals surface area (Å²) in [6, 6.07) is 9.37. The molecule has 7 nitrogen and oxygen atoms in total. The molecule has 3 heterocycles. The van der Waals surface area contributed by atoms with Gasteiger partial charge in [0.2, 0.25) is 5.91 Å². The van der Waals surface area contributed by atoms with E-state index in [1.54, 1.807) is 0 Å². The van der Waals surface area contributed by atoms with Gasteiger partial charge in [-0.3, -0.25) is 4.79 Å². The van der Waals surface area contributed by atoms with Crippen LogP contribution >= 0.6 is 23.1 Å². The number of thioether (sulfide) groups is 1. The van der Waals surface area contributed by atoms with Gasteiger partial charge in [0, 0.05) is 5.69 Å². The number of rotatable bonds is 6. The van der Waals surface area contributed by atoms with Gasteiger partial charge in [-0.05, 0) is 44.2 Å². The maximum absolute atomic E-state index is 12.2. The van der Waals surface area contributed by atoms with Gasteiger partial charge in [-0.1, -0.05) is 23.1 Å². The van der Waals surface area contributed by atoms with Gasteiger partial charge in [0.05, 0.1) is 22.6 Å². The van der Waals surface area contributed by atoms with Crippen LogP contribution in [-0.2, 0) is 4.79 Å². The first kappa shape index (κ1) is 17.7. The summed E-state index contributed by atoms with van der Waals surface area (Å²) < 4.78 is 12.0. The number of oxazole rings is 1. The molecule has 4 rings (SSSR count). The van der Waals surface area contributed by atoms with Crippen molar-refractivity contribution in [2.24, 2.45) is 0 Å². The van der Waals surface area contributed by atoms with E-state index < -0.39 is 0 Å². The van der Waals surface area contributed by atoms with E-state index in [-0.39, 0.29) is 11.7 Å². The van der Waals surface area contributed by atoms with Gasteiger partial charge in [0.1, 0.15) is 5.75 Å². The predicted molar refractivity (Wildman–Crippen MR) is 107 cm³/mol. The number of aromatic nitrogens is 3. The van der Waals surface area contributed by atoms with Gasteiger partial charge in [0.25, 0.3) is 5.22 Å². The normalized spacial score (nSPS) is 11.2. The number of nitrogens with one attached hydrogen (secondary N) is 1. The summed E-state index contributed by atoms with van der Waals surface area (Å²) in [5.41, 5.74) is 2.86. The second-order valence-corrected chi connectivity index (χ2v) is 7.63. The van der Waals surface area contributed by atoms with Crippen LogP contribution in [0.3, 0.4) is 0 Å². The fourth-order valence-corrected chi connectivity index (χ4v) is 3.99. The number of carbonyl (C=O) groups excluding carboxylic acids is 1. The second-order valence-electron chi connectivity index (χ2n) is 5.67. The fraction of sp³-hybridized carbons (Fsp3) is 0.222. The van der Waals surface area contributed by atoms with Gasteiger partial charge in [-0.15, -0.1) is 0 Å². The molecule has 27 heavy (non-hydrogen) atoms. The van der Waals surface area contributed by atoms with Crippen molar-refractivity contribution in [2.45, 2.75) is 19.1 Å². The third kappa shape index (κ3) is 4.04. The smallest absolute Gasteiger partial charge is 0.258 e. The second kappa shape index (κ2) is 7.53. The number of carbonyl (C=O) groups is 1. The van der Waals surface area contributed by atoms with Crippen LogP contribution in [0.4, 0.5) is 5.13 Å². The SMILES string of the molecule is CCOc1ccc2nc(NC(=O)CSc3nc4nc(C)ccc4o3)sc2c1. The molecule has 0 aliphatic rings. The summed E-state index contributed by atoms with van der Waals surface area (Å²) in [6.45, 7) is 4.44. The zero-order valence-corrected chi connectivity index (χ0v) is 16.3. The molecule has 0 fully saturated rings. The van der Waals surface area contributed by atoms with Crippen molar-refractivity contribution in [3.8, 4) is 5.75 Å². The Hall–Kier alpha value is -2.65. The lowest BCUT2D eigenvalue weighted by Crippen LogP contribution is -2.13. The highest BCUT2D eigenvalue weighted by Crippen LogP contribution is 2.29. The average molecular weight is 400 g/mol. The molecule has 1 amide bonds. The van der Waals surface area contributed by atoms with Crippen LogP contribution in [-0.4, -0.2) is 33.2 Å². The molecule has 0 radical (unpaired) electrons. The Kier molecular flexibility index (Phi) is 4.95. The van der Waals surface area contributed by atoms with E-state index in [1.165, 1.54) is 23.1 Å². The number of amides is 1. The highest BCUT2D eigenvalue weighted by atomic mass is 32.2. The van der Waals surface area contributed by atoms with Gasteiger partial charge >= 0.3 is 0 Å². The Morgan fingerprint density at radius 2 is 2.15 bits per heavy atom. The summed E-state index contributed by atoms with van der Waals surface area (Å²) in [7, 11) is 0. The molecule has 0 aliphatic carbocycles. The van der Waals surface area contributed by atoms with Crippen LogP contribution in [0.15, 0.2) is 40.0 Å². The monoisotopic (exact) mass is 400 g/mol. The Balaban J connectivity index is 1.40. The number of hydrogen-bond donors (Lipinski definition) is 1. The number of hydrogen-bond acceptors (Lipinski definition) is 8. The van der Waals surface area contributed by atoms with Crippen molar-refractivity contribution in [1.82, 2.24) is 15.0 Å². The lowest BCUT2D eigenvalue weighted by atomic mass is 10.3. The molecule has 1 N–H and O–H groups in total. The minimum Gasteiger partial charge on any atom is -0.494 e. The van der Waals surface area contributed by atoms with Crippen molar-refractivity contribution in [3.63, 3.8) is 0 Å². The van der Waals surface area contributed by atoms with Crippen molar-refractivity contribution < 1.29 is 13.9 Å². The van der Waals surface area contributed by atoms with Crippen molar-refractivity contribution in [1.29, 1.82) is 0 Å². The van der Waals surface area contributed by atoms with E-state index in [0.717, 1.165) is 21.7 Å². The molecule has 0 spiro atoms. The molecule has 0 unspecified atom stereocenters. The Morgan fingerprint density at radius 1 is 1.26 bits per heavy atom. The summed E-state index contributed by atoms with van der Waals surface area (Å²) in [6.07, 6.45) is 0. The zero-order valence-electron chi connectivity index (χ0n) is 14.7. The third-order valence-electron chi connectivity index (χ3n) is 3.62. The van der Waals surface area contributed by atoms with Crippen LogP contribution in [0.25, 0.3) is 21.4 Å². The predicted octanol–water partition coefficient (Wildman–Crippen LogP) is 4.27. The van der Waals surface area contributed by atoms with Crippen molar-refractivity contribution in [2.75, 3.05) is 17.7 Å². The largest absolute Gasteiger partial charge is 0.494 e. The number of anilines is 1. The Bertz CT molecular complexity index is 1120. The topological polar surface area (TPSA) is 90.1 Å². The van der Waals surface area contributed by atoms with Gasteiger partial charge < -0.3 is 14.5 Å². The molecule has 4 aromatic rings. The molecule has 9 heteroatoms. The van der Waals surface area contributed by atoms with Crippen LogP contribution in [0, 0.1) is 6.92 Å². The Morgan fingerprint density at radius 3 is 3.00 bits per heavy atom. The first-order chi connectivity index (χ1) is 13.1. The molecule has 0 saturated carbocycles. The maximum Gasteiger partial charge on any atom is 0.258 e. The number of benzene rings is 1. The van der Waals surface area contributed by atoms with Crippen molar-refractivity contribution >= 4 is 55.6 Å². The summed E-state index contributed by atoms with van der Waals surface area (Å²) >= 11 is 2.63. The third-order valence-corrected chi connectivity index (χ3v) is 5.38. The number of pyridine rings is 1. The van der Waals surface area contributed by atoms with Crippen LogP contribution < -0.4 is 10.1 Å². The zero-order chi connectivity index (χ0) is 18.8. The van der Waals surface area contributed by atoms with E-state index in [1.807, 2.05) is 44.2 Å². The fourth-order valence-electron chi connectivity index (χ4n) is 2.45. The number of aryl methyl sites for hydroxylation is 1. The number of thiazole rings is 1. The van der Waals surface area contributed by atoms with Gasteiger partial charge in [-0.25, -0.2) is 9.97 Å². The molecule has 1 aromatic carbocycles. The molecule has 0 aliphatic heterocycles. The Labute approximate surface area is 163 Å². The lowest BCUT2D eigenvalue weighted by molar-refractivity contribution is -0.113. The minimum atomic E-state index is -0.171. The molecule has 0 bridgehead atoms. The first-order valence-electron chi connectivity index (χ1n) is 8.31. The lowest BCUT2D eigenvalue weighted by Gasteiger charge is -2.00. The van der Waals surface area contributed by atoms with E-state index in [9.17, 15) is 4.79 Å². The van der Waals surface area contributed by atoms with E-state index in [2.05, 4.69) is 20.3 Å². The molecular formula is C18H16N4O3S2. The van der Waals surface area contributed by atoms with Crippen LogP contribution in [0.2, 0.25) is 0 Å². The van der Waals surface area contributed by atoms with E-state index in [4.69, 9.17) is 9.15 Å². The molecule has 0 saturated heterocycles. The number of fused-ring (bicyclic) bond motifs is 2.